The van der Waals surface area contributed by atoms with E-state index in [9.17, 15) is 5.11 Å². The minimum atomic E-state index is -0.211. The van der Waals surface area contributed by atoms with E-state index < -0.39 is 0 Å². The topological polar surface area (TPSA) is 49.5 Å². The maximum Gasteiger partial charge on any atom is 0.0557 e. The third-order valence-electron chi connectivity index (χ3n) is 3.40. The van der Waals surface area contributed by atoms with Gasteiger partial charge in [-0.1, -0.05) is 0 Å². The second-order valence-electron chi connectivity index (χ2n) is 4.68. The standard InChI is InChI=1S/C13H20N2O/c1-10(16)11-3-2-8-15(9-11)13-6-4-12(14)5-7-13/h4-7,10-11,16H,2-3,8-9,14H2,1H3. The molecular formula is C13H20N2O. The van der Waals surface area contributed by atoms with Crippen LogP contribution in [0.2, 0.25) is 0 Å². The molecule has 88 valence electrons. The highest BCUT2D eigenvalue weighted by Gasteiger charge is 2.23. The first-order chi connectivity index (χ1) is 7.66. The van der Waals surface area contributed by atoms with E-state index in [-0.39, 0.29) is 6.10 Å². The normalized spacial score (nSPS) is 23.1. The van der Waals surface area contributed by atoms with Gasteiger partial charge in [0, 0.05) is 30.4 Å². The summed E-state index contributed by atoms with van der Waals surface area (Å²) in [4.78, 5) is 2.33. The van der Waals surface area contributed by atoms with E-state index in [4.69, 9.17) is 5.73 Å². The van der Waals surface area contributed by atoms with Crippen LogP contribution in [0.1, 0.15) is 19.8 Å². The Morgan fingerprint density at radius 1 is 1.38 bits per heavy atom. The van der Waals surface area contributed by atoms with Crippen LogP contribution in [0.3, 0.4) is 0 Å². The fraction of sp³-hybridized carbons (Fsp3) is 0.538. The molecule has 0 radical (unpaired) electrons. The Bertz CT molecular complexity index is 334. The molecule has 1 saturated heterocycles. The van der Waals surface area contributed by atoms with E-state index in [0.29, 0.717) is 5.92 Å². The van der Waals surface area contributed by atoms with Crippen molar-refractivity contribution in [1.82, 2.24) is 0 Å². The van der Waals surface area contributed by atoms with Crippen molar-refractivity contribution in [2.75, 3.05) is 23.7 Å². The summed E-state index contributed by atoms with van der Waals surface area (Å²) in [5, 5.41) is 9.64. The molecule has 0 spiro atoms. The summed E-state index contributed by atoms with van der Waals surface area (Å²) in [6, 6.07) is 7.97. The van der Waals surface area contributed by atoms with E-state index in [0.717, 1.165) is 31.6 Å². The Morgan fingerprint density at radius 3 is 2.69 bits per heavy atom. The largest absolute Gasteiger partial charge is 0.399 e. The van der Waals surface area contributed by atoms with Gasteiger partial charge in [0.05, 0.1) is 6.10 Å². The number of anilines is 2. The van der Waals surface area contributed by atoms with Gasteiger partial charge in [-0.3, -0.25) is 0 Å². The van der Waals surface area contributed by atoms with Crippen LogP contribution in [0, 0.1) is 5.92 Å². The van der Waals surface area contributed by atoms with Gasteiger partial charge in [0.2, 0.25) is 0 Å². The van der Waals surface area contributed by atoms with Crippen LogP contribution >= 0.6 is 0 Å². The molecule has 0 aliphatic carbocycles. The average molecular weight is 220 g/mol. The van der Waals surface area contributed by atoms with E-state index >= 15 is 0 Å². The van der Waals surface area contributed by atoms with Gasteiger partial charge in [0.1, 0.15) is 0 Å². The first-order valence-corrected chi connectivity index (χ1v) is 5.95. The molecule has 3 nitrogen and oxygen atoms in total. The maximum atomic E-state index is 9.64. The zero-order chi connectivity index (χ0) is 11.5. The van der Waals surface area contributed by atoms with Gasteiger partial charge in [-0.15, -0.1) is 0 Å². The zero-order valence-electron chi connectivity index (χ0n) is 9.76. The van der Waals surface area contributed by atoms with Crippen molar-refractivity contribution in [1.29, 1.82) is 0 Å². The van der Waals surface area contributed by atoms with Crippen LogP contribution in [0.4, 0.5) is 11.4 Å². The quantitative estimate of drug-likeness (QED) is 0.748. The first-order valence-electron chi connectivity index (χ1n) is 5.95. The Balaban J connectivity index is 2.06. The number of rotatable bonds is 2. The van der Waals surface area contributed by atoms with Gasteiger partial charge in [-0.05, 0) is 44.0 Å². The number of nitrogens with zero attached hydrogens (tertiary/aromatic N) is 1. The number of aliphatic hydroxyl groups excluding tert-OH is 1. The number of hydrogen-bond donors (Lipinski definition) is 2. The molecule has 1 aromatic carbocycles. The van der Waals surface area contributed by atoms with Crippen molar-refractivity contribution < 1.29 is 5.11 Å². The zero-order valence-corrected chi connectivity index (χ0v) is 9.76. The van der Waals surface area contributed by atoms with Crippen LogP contribution < -0.4 is 10.6 Å². The molecule has 3 N–H and O–H groups in total. The van der Waals surface area contributed by atoms with Crippen molar-refractivity contribution >= 4 is 11.4 Å². The number of aliphatic hydroxyl groups is 1. The average Bonchev–Trinajstić information content (AvgIpc) is 2.30. The molecule has 2 rings (SSSR count). The minimum Gasteiger partial charge on any atom is -0.399 e. The number of nitrogens with two attached hydrogens (primary N) is 1. The molecule has 0 bridgehead atoms. The van der Waals surface area contributed by atoms with Crippen LogP contribution in [0.25, 0.3) is 0 Å². The highest BCUT2D eigenvalue weighted by atomic mass is 16.3. The molecule has 1 aromatic rings. The molecule has 3 heteroatoms. The summed E-state index contributed by atoms with van der Waals surface area (Å²) in [5.41, 5.74) is 7.68. The Labute approximate surface area is 96.9 Å². The Kier molecular flexibility index (Phi) is 3.34. The smallest absolute Gasteiger partial charge is 0.0557 e. The third-order valence-corrected chi connectivity index (χ3v) is 3.40. The molecule has 0 saturated carbocycles. The summed E-state index contributed by atoms with van der Waals surface area (Å²) in [6.07, 6.45) is 2.07. The van der Waals surface area contributed by atoms with Gasteiger partial charge in [-0.25, -0.2) is 0 Å². The van der Waals surface area contributed by atoms with Gasteiger partial charge >= 0.3 is 0 Å². The van der Waals surface area contributed by atoms with Crippen molar-refractivity contribution in [3.63, 3.8) is 0 Å². The van der Waals surface area contributed by atoms with Crippen LogP contribution in [0.5, 0.6) is 0 Å². The van der Waals surface area contributed by atoms with Crippen molar-refractivity contribution in [3.8, 4) is 0 Å². The predicted molar refractivity (Wildman–Crippen MR) is 67.5 cm³/mol. The molecule has 16 heavy (non-hydrogen) atoms. The van der Waals surface area contributed by atoms with Crippen molar-refractivity contribution in [2.45, 2.75) is 25.9 Å². The molecule has 2 unspecified atom stereocenters. The molecule has 1 aliphatic heterocycles. The first kappa shape index (κ1) is 11.3. The van der Waals surface area contributed by atoms with Crippen molar-refractivity contribution in [2.24, 2.45) is 5.92 Å². The Morgan fingerprint density at radius 2 is 2.06 bits per heavy atom. The van der Waals surface area contributed by atoms with E-state index in [1.165, 1.54) is 5.69 Å². The summed E-state index contributed by atoms with van der Waals surface area (Å²) < 4.78 is 0. The monoisotopic (exact) mass is 220 g/mol. The SMILES string of the molecule is CC(O)C1CCCN(c2ccc(N)cc2)C1. The second-order valence-corrected chi connectivity index (χ2v) is 4.68. The van der Waals surface area contributed by atoms with Crippen LogP contribution in [0.15, 0.2) is 24.3 Å². The summed E-state index contributed by atoms with van der Waals surface area (Å²) >= 11 is 0. The summed E-state index contributed by atoms with van der Waals surface area (Å²) in [7, 11) is 0. The molecule has 1 fully saturated rings. The number of hydrogen-bond acceptors (Lipinski definition) is 3. The highest BCUT2D eigenvalue weighted by molar-refractivity contribution is 5.53. The van der Waals surface area contributed by atoms with E-state index in [2.05, 4.69) is 17.0 Å². The third kappa shape index (κ3) is 2.47. The van der Waals surface area contributed by atoms with Gasteiger partial charge in [-0.2, -0.15) is 0 Å². The van der Waals surface area contributed by atoms with Crippen molar-refractivity contribution in [3.05, 3.63) is 24.3 Å². The van der Waals surface area contributed by atoms with Gasteiger partial charge < -0.3 is 15.7 Å². The minimum absolute atomic E-state index is 0.211. The van der Waals surface area contributed by atoms with Gasteiger partial charge in [0.25, 0.3) is 0 Å². The predicted octanol–water partition coefficient (Wildman–Crippen LogP) is 1.87. The molecule has 0 amide bonds. The lowest BCUT2D eigenvalue weighted by molar-refractivity contribution is 0.115. The fourth-order valence-corrected chi connectivity index (χ4v) is 2.32. The molecular weight excluding hydrogens is 200 g/mol. The molecule has 1 aliphatic rings. The highest BCUT2D eigenvalue weighted by Crippen LogP contribution is 2.25. The van der Waals surface area contributed by atoms with Crippen LogP contribution in [-0.2, 0) is 0 Å². The molecule has 0 aromatic heterocycles. The number of piperidine rings is 1. The lowest BCUT2D eigenvalue weighted by Crippen LogP contribution is -2.39. The second kappa shape index (κ2) is 4.74. The van der Waals surface area contributed by atoms with E-state index in [1.54, 1.807) is 0 Å². The number of benzene rings is 1. The van der Waals surface area contributed by atoms with E-state index in [1.807, 2.05) is 19.1 Å². The van der Waals surface area contributed by atoms with Gasteiger partial charge in [0.15, 0.2) is 0 Å². The molecule has 2 atom stereocenters. The molecule has 1 heterocycles. The van der Waals surface area contributed by atoms with Crippen LogP contribution in [-0.4, -0.2) is 24.3 Å². The summed E-state index contributed by atoms with van der Waals surface area (Å²) in [6.45, 7) is 3.91. The lowest BCUT2D eigenvalue weighted by Gasteiger charge is -2.35. The Hall–Kier alpha value is -1.22. The lowest BCUT2D eigenvalue weighted by atomic mass is 9.93. The maximum absolute atomic E-state index is 9.64. The summed E-state index contributed by atoms with van der Waals surface area (Å²) in [5.74, 6) is 0.395. The number of nitrogen functional groups attached to an aromatic ring is 1. The fourth-order valence-electron chi connectivity index (χ4n) is 2.32.